The Morgan fingerprint density at radius 1 is 1.33 bits per heavy atom. The van der Waals surface area contributed by atoms with Gasteiger partial charge in [0, 0.05) is 34.7 Å². The normalized spacial score (nSPS) is 14.8. The maximum Gasteiger partial charge on any atom is 0.200 e. The average molecular weight is 406 g/mol. The predicted molar refractivity (Wildman–Crippen MR) is 115 cm³/mol. The zero-order valence-corrected chi connectivity index (χ0v) is 17.9. The van der Waals surface area contributed by atoms with Crippen molar-refractivity contribution in [2.24, 2.45) is 0 Å². The molecule has 0 bridgehead atoms. The van der Waals surface area contributed by atoms with E-state index in [1.807, 2.05) is 32.9 Å². The average Bonchev–Trinajstić information content (AvgIpc) is 3.25. The number of thiophene rings is 1. The van der Waals surface area contributed by atoms with Gasteiger partial charge < -0.3 is 19.6 Å². The van der Waals surface area contributed by atoms with Crippen molar-refractivity contribution in [2.45, 2.75) is 26.4 Å². The predicted octanol–water partition coefficient (Wildman–Crippen LogP) is 5.00. The fourth-order valence-electron chi connectivity index (χ4n) is 3.31. The Kier molecular flexibility index (Phi) is 6.25. The number of aromatic nitrogens is 2. The fraction of sp³-hybridized carbons (Fsp3) is 0.421. The van der Waals surface area contributed by atoms with E-state index in [0.29, 0.717) is 25.2 Å². The highest BCUT2D eigenvalue weighted by atomic mass is 32.1. The fourth-order valence-corrected chi connectivity index (χ4v) is 7.44. The second-order valence-corrected chi connectivity index (χ2v) is 10.7. The second-order valence-electron chi connectivity index (χ2n) is 6.43. The monoisotopic (exact) mass is 406 g/mol. The summed E-state index contributed by atoms with van der Waals surface area (Å²) in [5.74, 6) is 1.52. The van der Waals surface area contributed by atoms with Crippen LogP contribution < -0.4 is 15.1 Å². The highest BCUT2D eigenvalue weighted by Gasteiger charge is 2.36. The number of hydrogen-bond donors (Lipinski definition) is 3. The number of benzene rings is 1. The Morgan fingerprint density at radius 2 is 2.11 bits per heavy atom. The maximum absolute atomic E-state index is 13.8. The third-order valence-corrected chi connectivity index (χ3v) is 9.33. The number of anilines is 1. The number of aryl methyl sites for hydroxylation is 1. The molecule has 8 heteroatoms. The molecule has 2 heterocycles. The number of nitrogens with zero attached hydrogens (tertiary/aromatic N) is 1. The number of imidazole rings is 1. The van der Waals surface area contributed by atoms with E-state index >= 15 is 0 Å². The van der Waals surface area contributed by atoms with Gasteiger partial charge in [-0.1, -0.05) is 26.0 Å². The summed E-state index contributed by atoms with van der Waals surface area (Å²) in [5.41, 5.74) is 0.777. The molecule has 0 aliphatic carbocycles. The van der Waals surface area contributed by atoms with Crippen molar-refractivity contribution in [3.8, 4) is 5.75 Å². The van der Waals surface area contributed by atoms with E-state index in [4.69, 9.17) is 4.74 Å². The number of hydrogen-bond acceptors (Lipinski definition) is 5. The zero-order chi connectivity index (χ0) is 19.4. The molecule has 3 rings (SSSR count). The first-order valence-corrected chi connectivity index (χ1v) is 11.9. The van der Waals surface area contributed by atoms with Gasteiger partial charge in [0.1, 0.15) is 5.75 Å². The van der Waals surface area contributed by atoms with Crippen LogP contribution in [0.5, 0.6) is 5.75 Å². The molecule has 27 heavy (non-hydrogen) atoms. The molecule has 0 radical (unpaired) electrons. The standard InChI is InChI=1S/C19H27N4O2PS/c1-5-22-26(24,6-2)15(12-21-19-20-11-13(3)23-19)18-17(25-4)14-9-7-8-10-16(14)27-18/h7-11,15H,5-6,12H2,1-4H3,(H,22,24)(H2,20,21,23). The van der Waals surface area contributed by atoms with E-state index in [1.165, 1.54) is 0 Å². The summed E-state index contributed by atoms with van der Waals surface area (Å²) in [6.07, 6.45) is 2.35. The summed E-state index contributed by atoms with van der Waals surface area (Å²) in [7, 11) is -0.999. The Balaban J connectivity index is 2.04. The van der Waals surface area contributed by atoms with E-state index < -0.39 is 7.29 Å². The molecular formula is C19H27N4O2PS. The van der Waals surface area contributed by atoms with Crippen LogP contribution in [-0.2, 0) is 4.57 Å². The van der Waals surface area contributed by atoms with E-state index in [-0.39, 0.29) is 5.66 Å². The quantitative estimate of drug-likeness (QED) is 0.436. The van der Waals surface area contributed by atoms with Crippen molar-refractivity contribution in [3.05, 3.63) is 41.0 Å². The molecule has 3 N–H and O–H groups in total. The summed E-state index contributed by atoms with van der Waals surface area (Å²) in [4.78, 5) is 8.51. The van der Waals surface area contributed by atoms with Crippen LogP contribution in [0.15, 0.2) is 30.5 Å². The minimum Gasteiger partial charge on any atom is -0.495 e. The molecule has 0 aliphatic rings. The molecule has 0 saturated carbocycles. The van der Waals surface area contributed by atoms with E-state index in [1.54, 1.807) is 24.6 Å². The first kappa shape index (κ1) is 19.9. The van der Waals surface area contributed by atoms with Gasteiger partial charge in [-0.25, -0.2) is 4.98 Å². The van der Waals surface area contributed by atoms with Crippen LogP contribution in [-0.4, -0.2) is 36.3 Å². The number of rotatable bonds is 9. The largest absolute Gasteiger partial charge is 0.495 e. The first-order valence-electron chi connectivity index (χ1n) is 9.17. The molecule has 146 valence electrons. The number of fused-ring (bicyclic) bond motifs is 1. The summed E-state index contributed by atoms with van der Waals surface area (Å²) < 4.78 is 20.7. The van der Waals surface area contributed by atoms with Gasteiger partial charge in [0.25, 0.3) is 0 Å². The topological polar surface area (TPSA) is 79.0 Å². The van der Waals surface area contributed by atoms with Crippen LogP contribution in [0.3, 0.4) is 0 Å². The lowest BCUT2D eigenvalue weighted by molar-refractivity contribution is 0.416. The van der Waals surface area contributed by atoms with Crippen LogP contribution in [0.2, 0.25) is 0 Å². The molecule has 2 aromatic heterocycles. The number of nitrogens with one attached hydrogen (secondary N) is 3. The van der Waals surface area contributed by atoms with Crippen LogP contribution in [0.1, 0.15) is 30.1 Å². The summed E-state index contributed by atoms with van der Waals surface area (Å²) >= 11 is 1.66. The molecular weight excluding hydrogens is 379 g/mol. The van der Waals surface area contributed by atoms with E-state index in [9.17, 15) is 4.57 Å². The molecule has 2 atom stereocenters. The molecule has 0 spiro atoms. The first-order chi connectivity index (χ1) is 13.0. The SMILES string of the molecule is CCNP(=O)(CC)C(CNc1ncc(C)[nH]1)c1sc2ccccc2c1OC. The van der Waals surface area contributed by atoms with Crippen molar-refractivity contribution in [1.29, 1.82) is 0 Å². The van der Waals surface area contributed by atoms with Crippen molar-refractivity contribution in [3.63, 3.8) is 0 Å². The van der Waals surface area contributed by atoms with Crippen LogP contribution in [0.4, 0.5) is 5.95 Å². The number of methoxy groups -OCH3 is 1. The second kappa shape index (κ2) is 8.46. The lowest BCUT2D eigenvalue weighted by Gasteiger charge is -2.27. The van der Waals surface area contributed by atoms with Crippen LogP contribution in [0.25, 0.3) is 10.1 Å². The summed E-state index contributed by atoms with van der Waals surface area (Å²) in [5, 5.41) is 7.68. The number of ether oxygens (including phenoxy) is 1. The van der Waals surface area contributed by atoms with Gasteiger partial charge in [-0.3, -0.25) is 5.09 Å². The van der Waals surface area contributed by atoms with Gasteiger partial charge >= 0.3 is 0 Å². The minimum atomic E-state index is -2.68. The lowest BCUT2D eigenvalue weighted by Crippen LogP contribution is -2.22. The third kappa shape index (κ3) is 4.05. The highest BCUT2D eigenvalue weighted by Crippen LogP contribution is 2.59. The Hall–Kier alpha value is -1.82. The maximum atomic E-state index is 13.8. The molecule has 2 unspecified atom stereocenters. The van der Waals surface area contributed by atoms with Crippen molar-refractivity contribution < 1.29 is 9.30 Å². The van der Waals surface area contributed by atoms with E-state index in [2.05, 4.69) is 32.5 Å². The Bertz CT molecular complexity index is 952. The molecule has 0 fully saturated rings. The number of aromatic amines is 1. The molecule has 0 saturated heterocycles. The molecule has 3 aromatic rings. The Labute approximate surface area is 164 Å². The van der Waals surface area contributed by atoms with Gasteiger partial charge in [-0.2, -0.15) is 0 Å². The van der Waals surface area contributed by atoms with Gasteiger partial charge in [0.05, 0.1) is 17.6 Å². The van der Waals surface area contributed by atoms with Crippen LogP contribution >= 0.6 is 18.6 Å². The molecule has 0 aliphatic heterocycles. The van der Waals surface area contributed by atoms with Gasteiger partial charge in [-0.15, -0.1) is 11.3 Å². The smallest absolute Gasteiger partial charge is 0.200 e. The van der Waals surface area contributed by atoms with E-state index in [0.717, 1.165) is 26.4 Å². The van der Waals surface area contributed by atoms with Crippen molar-refractivity contribution >= 4 is 34.7 Å². The molecule has 0 amide bonds. The minimum absolute atomic E-state index is 0.208. The summed E-state index contributed by atoms with van der Waals surface area (Å²) in [6, 6.07) is 8.16. The van der Waals surface area contributed by atoms with Crippen molar-refractivity contribution in [2.75, 3.05) is 31.7 Å². The number of H-pyrrole nitrogens is 1. The lowest BCUT2D eigenvalue weighted by atomic mass is 10.2. The third-order valence-electron chi connectivity index (χ3n) is 4.65. The van der Waals surface area contributed by atoms with Gasteiger partial charge in [0.2, 0.25) is 0 Å². The highest BCUT2D eigenvalue weighted by molar-refractivity contribution is 7.62. The van der Waals surface area contributed by atoms with Crippen molar-refractivity contribution in [1.82, 2.24) is 15.1 Å². The Morgan fingerprint density at radius 3 is 2.74 bits per heavy atom. The van der Waals surface area contributed by atoms with Gasteiger partial charge in [0.15, 0.2) is 13.2 Å². The zero-order valence-electron chi connectivity index (χ0n) is 16.2. The molecule has 1 aromatic carbocycles. The van der Waals surface area contributed by atoms with Crippen LogP contribution in [0, 0.1) is 6.92 Å². The molecule has 6 nitrogen and oxygen atoms in total. The summed E-state index contributed by atoms with van der Waals surface area (Å²) in [6.45, 7) is 7.10. The van der Waals surface area contributed by atoms with Gasteiger partial charge in [-0.05, 0) is 25.6 Å².